The van der Waals surface area contributed by atoms with E-state index in [-0.39, 0.29) is 0 Å². The Morgan fingerprint density at radius 2 is 0.764 bits per heavy atom. The molecule has 0 bridgehead atoms. The molecule has 674 valence electrons. The summed E-state index contributed by atoms with van der Waals surface area (Å²) in [4.78, 5) is 32.1. The summed E-state index contributed by atoms with van der Waals surface area (Å²) < 4.78 is 9.25. The highest BCUT2D eigenvalue weighted by Crippen LogP contribution is 2.46. The predicted molar refractivity (Wildman–Crippen MR) is 593 cm³/mol. The van der Waals surface area contributed by atoms with Crippen molar-refractivity contribution in [2.75, 3.05) is 0 Å². The molecule has 0 aliphatic heterocycles. The van der Waals surface area contributed by atoms with Crippen LogP contribution in [0, 0.1) is 35.8 Å². The fourth-order valence-corrected chi connectivity index (χ4v) is 20.8. The van der Waals surface area contributed by atoms with Gasteiger partial charge in [-0.25, -0.2) is 24.6 Å². The fourth-order valence-electron chi connectivity index (χ4n) is 20.8. The van der Waals surface area contributed by atoms with Gasteiger partial charge in [0.15, 0.2) is 11.4 Å². The lowest BCUT2D eigenvalue weighted by Crippen LogP contribution is -2.01. The average Bonchev–Trinajstić information content (AvgIpc) is 1.50. The van der Waals surface area contributed by atoms with Crippen LogP contribution in [0.5, 0.6) is 0 Å². The second-order valence-corrected chi connectivity index (χ2v) is 35.9. The van der Waals surface area contributed by atoms with Crippen LogP contribution in [-0.4, -0.2) is 43.2 Å². The Bertz CT molecular complexity index is 9860. The Morgan fingerprint density at radius 3 is 1.42 bits per heavy atom. The predicted octanol–water partition coefficient (Wildman–Crippen LogP) is 33.8. The van der Waals surface area contributed by atoms with E-state index in [0.29, 0.717) is 22.5 Å². The molecule has 13 nitrogen and oxygen atoms in total. The monoisotopic (exact) mass is 1840 g/mol. The SMILES string of the molecule is CCc1ccc2c(c1)c1cc(CC)ccc1n2-c1c(-c2cccc(C#N)c2)ncc2ccccc12.N#Cc1ccc(-c2cc3ccc(-n4c5ccccc5c5ccccc54)nc3c3ncccc23)cc1.[C-]#[N+]c1ccc(-c2cc(-n3c4ccccc4c4cc(-c5ccccc5)ccc43)nc3ccccc23)cc1.[C-]#[N+]c1ccc(-c2ccc3c(-n4c5ccccc5c5cccc(-c6ccccc6)c54)cccc3n2)cc1. The normalized spacial score (nSPS) is 11.3. The molecule has 0 atom stereocenters. The second-order valence-electron chi connectivity index (χ2n) is 35.9. The van der Waals surface area contributed by atoms with Crippen LogP contribution in [0.15, 0.2) is 455 Å². The van der Waals surface area contributed by atoms with Gasteiger partial charge in [0, 0.05) is 98.9 Å². The standard InChI is InChI=1S/2C34H21N3.C32H25N3.C31H18N4/c1-35-26-18-15-24(16-19-26)29-22-34(36-31-13-7-5-11-27(29)31)37-32-14-8-6-12-28(32)30-21-25(17-20-33(30)37)23-9-3-2-4-10-23;1-35-25-19-17-24(18-20-25)30-22-21-29-31(36-30)14-8-16-33(29)37-32-15-6-5-11-27(32)28-13-7-12-26(34(28)37)23-9-3-2-4-10-23;1-3-21-12-14-29-27(17-21)28-18-22(4-2)13-15-30(28)35(29)32-26-11-6-5-9-25(26)20-34-31(32)24-10-7-8-23(16-24)19-33;32-19-20-11-13-21(14-12-20)26-18-22-15-16-29(34-30(22)31-25(26)8-5-17-33-31)35-27-9-3-1-6-23(27)24-7-2-4-10-28(24)35/h2*2-22H;5-18,20H,3-4H2,1-2H3;1-18H. The van der Waals surface area contributed by atoms with Crippen LogP contribution in [0.2, 0.25) is 0 Å². The lowest BCUT2D eigenvalue weighted by Gasteiger charge is -2.16. The van der Waals surface area contributed by atoms with Gasteiger partial charge >= 0.3 is 0 Å². The minimum atomic E-state index is 0.630. The van der Waals surface area contributed by atoms with Crippen LogP contribution < -0.4 is 0 Å². The van der Waals surface area contributed by atoms with Gasteiger partial charge in [0.05, 0.1) is 125 Å². The topological polar surface area (TPSA) is 140 Å². The van der Waals surface area contributed by atoms with Gasteiger partial charge in [-0.3, -0.25) is 19.1 Å². The first-order valence-electron chi connectivity index (χ1n) is 48.2. The molecule has 0 spiro atoms. The number of aryl methyl sites for hydroxylation is 2. The average molecular weight is 1840 g/mol. The Morgan fingerprint density at radius 1 is 0.278 bits per heavy atom. The van der Waals surface area contributed by atoms with E-state index in [1.807, 2.05) is 134 Å². The van der Waals surface area contributed by atoms with Crippen molar-refractivity contribution < 1.29 is 0 Å². The maximum atomic E-state index is 9.54. The number of nitriles is 2. The van der Waals surface area contributed by atoms with Crippen LogP contribution in [0.1, 0.15) is 36.1 Å². The molecule has 18 aromatic carbocycles. The van der Waals surface area contributed by atoms with Crippen molar-refractivity contribution in [1.29, 1.82) is 10.5 Å². The maximum Gasteiger partial charge on any atom is 0.187 e. The molecular formula is C131H85N13. The Balaban J connectivity index is 0.000000103. The number of hydrogen-bond acceptors (Lipinski definition) is 7. The van der Waals surface area contributed by atoms with E-state index in [1.165, 1.54) is 98.5 Å². The summed E-state index contributed by atoms with van der Waals surface area (Å²) in [6, 6.07) is 157. The molecule has 0 fully saturated rings. The minimum Gasteiger partial charge on any atom is -0.308 e. The maximum absolute atomic E-state index is 9.54. The van der Waals surface area contributed by atoms with Crippen molar-refractivity contribution >= 4 is 153 Å². The molecular weight excluding hydrogens is 1760 g/mol. The van der Waals surface area contributed by atoms with Gasteiger partial charge in [-0.1, -0.05) is 311 Å². The molecule has 0 aliphatic rings. The number of pyridine rings is 5. The first-order valence-corrected chi connectivity index (χ1v) is 48.2. The largest absolute Gasteiger partial charge is 0.308 e. The molecule has 9 aromatic heterocycles. The van der Waals surface area contributed by atoms with Crippen LogP contribution in [0.3, 0.4) is 0 Å². The highest BCUT2D eigenvalue weighted by atomic mass is 15.1. The lowest BCUT2D eigenvalue weighted by atomic mass is 9.97. The molecule has 27 aromatic rings. The van der Waals surface area contributed by atoms with Gasteiger partial charge in [0.25, 0.3) is 0 Å². The van der Waals surface area contributed by atoms with Gasteiger partial charge in [-0.2, -0.15) is 10.5 Å². The second kappa shape index (κ2) is 37.2. The van der Waals surface area contributed by atoms with Gasteiger partial charge in [-0.15, -0.1) is 0 Å². The van der Waals surface area contributed by atoms with Crippen molar-refractivity contribution in [3.63, 3.8) is 0 Å². The minimum absolute atomic E-state index is 0.630. The number of aromatic nitrogens is 9. The number of benzene rings is 18. The smallest absolute Gasteiger partial charge is 0.187 e. The summed E-state index contributed by atoms with van der Waals surface area (Å²) in [5, 5.41) is 35.0. The molecule has 144 heavy (non-hydrogen) atoms. The fraction of sp³-hybridized carbons (Fsp3) is 0.0305. The van der Waals surface area contributed by atoms with Crippen molar-refractivity contribution in [2.45, 2.75) is 26.7 Å². The zero-order valence-corrected chi connectivity index (χ0v) is 78.5. The van der Waals surface area contributed by atoms with Crippen LogP contribution in [0.25, 0.3) is 241 Å². The van der Waals surface area contributed by atoms with Gasteiger partial charge in [0.2, 0.25) is 0 Å². The molecule has 0 aliphatic carbocycles. The van der Waals surface area contributed by atoms with Crippen molar-refractivity contribution in [3.05, 3.63) is 500 Å². The van der Waals surface area contributed by atoms with Gasteiger partial charge in [0.1, 0.15) is 11.6 Å². The van der Waals surface area contributed by atoms with Crippen LogP contribution >= 0.6 is 0 Å². The Kier molecular flexibility index (Phi) is 22.5. The summed E-state index contributed by atoms with van der Waals surface area (Å²) >= 11 is 0. The van der Waals surface area contributed by atoms with E-state index >= 15 is 0 Å². The first-order chi connectivity index (χ1) is 71.1. The van der Waals surface area contributed by atoms with Crippen LogP contribution in [0.4, 0.5) is 11.4 Å². The van der Waals surface area contributed by atoms with E-state index in [9.17, 15) is 10.5 Å². The van der Waals surface area contributed by atoms with E-state index < -0.39 is 0 Å². The number of para-hydroxylation sites is 6. The third-order valence-corrected chi connectivity index (χ3v) is 27.7. The van der Waals surface area contributed by atoms with E-state index in [1.54, 1.807) is 0 Å². The van der Waals surface area contributed by atoms with Crippen molar-refractivity contribution in [3.8, 4) is 102 Å². The third-order valence-electron chi connectivity index (χ3n) is 27.7. The Labute approximate surface area is 830 Å². The zero-order chi connectivity index (χ0) is 96.8. The van der Waals surface area contributed by atoms with Gasteiger partial charge in [-0.05, 0) is 214 Å². The molecule has 27 rings (SSSR count). The number of nitrogens with zero attached hydrogens (tertiary/aromatic N) is 13. The third kappa shape index (κ3) is 15.6. The number of fused-ring (bicyclic) bond motifs is 18. The molecule has 0 radical (unpaired) electrons. The Hall–Kier alpha value is -19.8. The molecule has 0 amide bonds. The van der Waals surface area contributed by atoms with Gasteiger partial charge < -0.3 is 9.13 Å². The van der Waals surface area contributed by atoms with Crippen molar-refractivity contribution in [2.24, 2.45) is 0 Å². The van der Waals surface area contributed by atoms with E-state index in [4.69, 9.17) is 38.1 Å². The molecule has 0 N–H and O–H groups in total. The molecule has 0 saturated heterocycles. The summed E-state index contributed by atoms with van der Waals surface area (Å²) in [7, 11) is 0. The zero-order valence-electron chi connectivity index (χ0n) is 78.5. The molecule has 0 unspecified atom stereocenters. The molecule has 0 saturated carbocycles. The van der Waals surface area contributed by atoms with E-state index in [0.717, 1.165) is 157 Å². The quantitative estimate of drug-likeness (QED) is 0.0876. The summed E-state index contributed by atoms with van der Waals surface area (Å²) in [6.07, 6.45) is 5.75. The summed E-state index contributed by atoms with van der Waals surface area (Å²) in [5.41, 5.74) is 33.0. The number of hydrogen-bond donors (Lipinski definition) is 0. The molecule has 13 heteroatoms. The van der Waals surface area contributed by atoms with Crippen LogP contribution in [-0.2, 0) is 12.8 Å². The van der Waals surface area contributed by atoms with Crippen molar-refractivity contribution in [1.82, 2.24) is 43.2 Å². The highest BCUT2D eigenvalue weighted by molar-refractivity contribution is 6.18. The molecule has 9 heterocycles. The first kappa shape index (κ1) is 87.0. The summed E-state index contributed by atoms with van der Waals surface area (Å²) in [5.74, 6) is 1.74. The lowest BCUT2D eigenvalue weighted by molar-refractivity contribution is 1.10. The van der Waals surface area contributed by atoms with E-state index in [2.05, 4.69) is 375 Å². The summed E-state index contributed by atoms with van der Waals surface area (Å²) in [6.45, 7) is 18.9. The number of rotatable bonds is 12. The highest BCUT2D eigenvalue weighted by Gasteiger charge is 2.25.